The Balaban J connectivity index is 2.10. The van der Waals surface area contributed by atoms with Crippen molar-refractivity contribution in [3.05, 3.63) is 42.1 Å². The Labute approximate surface area is 174 Å². The lowest BCUT2D eigenvalue weighted by molar-refractivity contribution is 0.311. The highest BCUT2D eigenvalue weighted by molar-refractivity contribution is 5.93. The van der Waals surface area contributed by atoms with Gasteiger partial charge < -0.3 is 25.0 Å². The number of methoxy groups -OCH3 is 1. The van der Waals surface area contributed by atoms with Crippen molar-refractivity contribution < 1.29 is 9.47 Å². The van der Waals surface area contributed by atoms with Crippen LogP contribution < -0.4 is 25.0 Å². The molecule has 0 aliphatic rings. The first-order valence-corrected chi connectivity index (χ1v) is 10.2. The van der Waals surface area contributed by atoms with Crippen LogP contribution >= 0.6 is 0 Å². The van der Waals surface area contributed by atoms with Crippen molar-refractivity contribution in [3.8, 4) is 11.5 Å². The number of ether oxygens (including phenoxy) is 2. The lowest BCUT2D eigenvalue weighted by atomic mass is 10.2. The molecule has 0 spiro atoms. The average Bonchev–Trinajstić information content (AvgIpc) is 2.75. The van der Waals surface area contributed by atoms with Crippen LogP contribution in [0.2, 0.25) is 0 Å². The Bertz CT molecular complexity index is 773. The van der Waals surface area contributed by atoms with E-state index in [1.807, 2.05) is 38.2 Å². The Hall–Kier alpha value is -2.96. The van der Waals surface area contributed by atoms with Gasteiger partial charge in [0.05, 0.1) is 20.3 Å². The third kappa shape index (κ3) is 6.55. The average molecular weight is 400 g/mol. The molecule has 7 nitrogen and oxygen atoms in total. The van der Waals surface area contributed by atoms with Gasteiger partial charge in [-0.1, -0.05) is 6.07 Å². The van der Waals surface area contributed by atoms with Gasteiger partial charge in [-0.05, 0) is 51.5 Å². The first-order valence-electron chi connectivity index (χ1n) is 10.2. The molecule has 2 rings (SSSR count). The van der Waals surface area contributed by atoms with Gasteiger partial charge in [0.15, 0.2) is 17.5 Å². The number of guanidine groups is 1. The van der Waals surface area contributed by atoms with Crippen molar-refractivity contribution in [2.24, 2.45) is 4.99 Å². The lowest BCUT2D eigenvalue weighted by Gasteiger charge is -2.19. The van der Waals surface area contributed by atoms with E-state index in [9.17, 15) is 0 Å². The maximum Gasteiger partial charge on any atom is 0.196 e. The number of hydrogen-bond donors (Lipinski definition) is 2. The molecule has 2 aromatic rings. The third-order valence-electron chi connectivity index (χ3n) is 4.39. The SMILES string of the molecule is CCNC(=NCc1ccc(N(CC)CC)nc1)Nc1ccc(OCC)c(OC)c1. The Morgan fingerprint density at radius 1 is 1.07 bits per heavy atom. The second-order valence-electron chi connectivity index (χ2n) is 6.32. The van der Waals surface area contributed by atoms with E-state index in [0.717, 1.165) is 42.5 Å². The number of anilines is 2. The zero-order chi connectivity index (χ0) is 21.1. The van der Waals surface area contributed by atoms with Crippen LogP contribution in [0.5, 0.6) is 11.5 Å². The second-order valence-corrected chi connectivity index (χ2v) is 6.32. The quantitative estimate of drug-likeness (QED) is 0.466. The molecule has 2 N–H and O–H groups in total. The third-order valence-corrected chi connectivity index (χ3v) is 4.39. The van der Waals surface area contributed by atoms with E-state index in [2.05, 4.69) is 51.5 Å². The van der Waals surface area contributed by atoms with E-state index in [1.165, 1.54) is 0 Å². The van der Waals surface area contributed by atoms with Crippen molar-refractivity contribution in [3.63, 3.8) is 0 Å². The topological polar surface area (TPSA) is 71.0 Å². The fourth-order valence-electron chi connectivity index (χ4n) is 2.88. The normalized spacial score (nSPS) is 11.1. The number of hydrogen-bond acceptors (Lipinski definition) is 5. The standard InChI is InChI=1S/C22H33N5O2/c1-6-23-22(26-18-11-12-19(29-9-4)20(14-18)28-5)25-16-17-10-13-21(24-15-17)27(7-2)8-3/h10-15H,6-9,16H2,1-5H3,(H2,23,25,26). The van der Waals surface area contributed by atoms with Crippen molar-refractivity contribution >= 4 is 17.5 Å². The largest absolute Gasteiger partial charge is 0.493 e. The van der Waals surface area contributed by atoms with Gasteiger partial charge in [0.2, 0.25) is 0 Å². The summed E-state index contributed by atoms with van der Waals surface area (Å²) in [4.78, 5) is 11.5. The molecule has 1 aromatic heterocycles. The van der Waals surface area contributed by atoms with Crippen LogP contribution in [0.3, 0.4) is 0 Å². The van der Waals surface area contributed by atoms with E-state index in [-0.39, 0.29) is 0 Å². The van der Waals surface area contributed by atoms with Crippen LogP contribution in [-0.2, 0) is 6.54 Å². The van der Waals surface area contributed by atoms with Crippen LogP contribution in [0, 0.1) is 0 Å². The highest BCUT2D eigenvalue weighted by Crippen LogP contribution is 2.30. The minimum absolute atomic E-state index is 0.537. The number of benzene rings is 1. The molecule has 29 heavy (non-hydrogen) atoms. The highest BCUT2D eigenvalue weighted by atomic mass is 16.5. The molecule has 158 valence electrons. The van der Waals surface area contributed by atoms with Crippen molar-refractivity contribution in [2.75, 3.05) is 43.6 Å². The summed E-state index contributed by atoms with van der Waals surface area (Å²) >= 11 is 0. The Morgan fingerprint density at radius 2 is 1.86 bits per heavy atom. The number of nitrogens with one attached hydrogen (secondary N) is 2. The summed E-state index contributed by atoms with van der Waals surface area (Å²) in [5.41, 5.74) is 1.93. The minimum Gasteiger partial charge on any atom is -0.493 e. The summed E-state index contributed by atoms with van der Waals surface area (Å²) in [6, 6.07) is 9.87. The van der Waals surface area contributed by atoms with E-state index >= 15 is 0 Å². The fraction of sp³-hybridized carbons (Fsp3) is 0.455. The maximum absolute atomic E-state index is 5.57. The first-order chi connectivity index (χ1) is 14.1. The van der Waals surface area contributed by atoms with Gasteiger partial charge in [0.1, 0.15) is 5.82 Å². The zero-order valence-electron chi connectivity index (χ0n) is 18.2. The summed E-state index contributed by atoms with van der Waals surface area (Å²) in [6.07, 6.45) is 1.89. The Morgan fingerprint density at radius 3 is 2.45 bits per heavy atom. The van der Waals surface area contributed by atoms with Crippen LogP contribution in [0.25, 0.3) is 0 Å². The molecule has 0 radical (unpaired) electrons. The molecule has 0 unspecified atom stereocenters. The van der Waals surface area contributed by atoms with Crippen LogP contribution in [0.4, 0.5) is 11.5 Å². The molecule has 0 aliphatic heterocycles. The van der Waals surface area contributed by atoms with E-state index < -0.39 is 0 Å². The van der Waals surface area contributed by atoms with Crippen LogP contribution in [0.15, 0.2) is 41.5 Å². The highest BCUT2D eigenvalue weighted by Gasteiger charge is 2.07. The van der Waals surface area contributed by atoms with Gasteiger partial charge in [0, 0.05) is 37.6 Å². The van der Waals surface area contributed by atoms with Gasteiger partial charge in [-0.3, -0.25) is 0 Å². The lowest BCUT2D eigenvalue weighted by Crippen LogP contribution is -2.30. The number of nitrogens with zero attached hydrogens (tertiary/aromatic N) is 3. The summed E-state index contributed by atoms with van der Waals surface area (Å²) in [5.74, 6) is 3.10. The number of aliphatic imine (C=N–C) groups is 1. The predicted octanol–water partition coefficient (Wildman–Crippen LogP) is 3.91. The van der Waals surface area contributed by atoms with Gasteiger partial charge in [0.25, 0.3) is 0 Å². The second kappa shape index (κ2) is 11.8. The molecular formula is C22H33N5O2. The molecule has 0 fully saturated rings. The number of pyridine rings is 1. The summed E-state index contributed by atoms with van der Waals surface area (Å²) < 4.78 is 11.0. The molecule has 0 saturated carbocycles. The first kappa shape index (κ1) is 22.3. The number of rotatable bonds is 10. The summed E-state index contributed by atoms with van der Waals surface area (Å²) in [5, 5.41) is 6.58. The molecule has 0 atom stereocenters. The van der Waals surface area contributed by atoms with Crippen LogP contribution in [-0.4, -0.2) is 44.3 Å². The molecule has 1 heterocycles. The van der Waals surface area contributed by atoms with Crippen molar-refractivity contribution in [1.29, 1.82) is 0 Å². The Kier molecular flexibility index (Phi) is 9.08. The summed E-state index contributed by atoms with van der Waals surface area (Å²) in [7, 11) is 1.63. The predicted molar refractivity (Wildman–Crippen MR) is 120 cm³/mol. The fourth-order valence-corrected chi connectivity index (χ4v) is 2.88. The zero-order valence-corrected chi connectivity index (χ0v) is 18.2. The van der Waals surface area contributed by atoms with Gasteiger partial charge in [-0.15, -0.1) is 0 Å². The molecule has 1 aromatic carbocycles. The molecular weight excluding hydrogens is 366 g/mol. The van der Waals surface area contributed by atoms with E-state index in [0.29, 0.717) is 24.9 Å². The number of aromatic nitrogens is 1. The van der Waals surface area contributed by atoms with Gasteiger partial charge in [-0.2, -0.15) is 0 Å². The maximum atomic E-state index is 5.57. The molecule has 0 aliphatic carbocycles. The van der Waals surface area contributed by atoms with Gasteiger partial charge in [-0.25, -0.2) is 9.98 Å². The smallest absolute Gasteiger partial charge is 0.196 e. The van der Waals surface area contributed by atoms with Crippen LogP contribution in [0.1, 0.15) is 33.3 Å². The van der Waals surface area contributed by atoms with Crippen molar-refractivity contribution in [2.45, 2.75) is 34.2 Å². The molecule has 0 amide bonds. The van der Waals surface area contributed by atoms with E-state index in [1.54, 1.807) is 7.11 Å². The summed E-state index contributed by atoms with van der Waals surface area (Å²) in [6.45, 7) is 12.0. The molecule has 7 heteroatoms. The van der Waals surface area contributed by atoms with E-state index in [4.69, 9.17) is 9.47 Å². The minimum atomic E-state index is 0.537. The van der Waals surface area contributed by atoms with Crippen molar-refractivity contribution in [1.82, 2.24) is 10.3 Å². The monoisotopic (exact) mass is 399 g/mol. The molecule has 0 saturated heterocycles. The van der Waals surface area contributed by atoms with Gasteiger partial charge >= 0.3 is 0 Å². The molecule has 0 bridgehead atoms.